The molecule has 0 aliphatic rings. The molecule has 0 heterocycles. The number of thiocarbonyl (C=S) groups is 1. The van der Waals surface area contributed by atoms with E-state index in [0.717, 1.165) is 5.56 Å². The van der Waals surface area contributed by atoms with Crippen molar-refractivity contribution < 1.29 is 13.2 Å². The Bertz CT molecular complexity index is 965. The third-order valence-electron chi connectivity index (χ3n) is 3.59. The number of carbonyl (C=O) groups excluding carboxylic acids is 1. The summed E-state index contributed by atoms with van der Waals surface area (Å²) in [7, 11) is -3.75. The number of para-hydroxylation sites is 1. The molecule has 0 spiro atoms. The number of anilines is 1. The van der Waals surface area contributed by atoms with Gasteiger partial charge in [-0.25, -0.2) is 8.42 Å². The van der Waals surface area contributed by atoms with Gasteiger partial charge in [-0.15, -0.1) is 0 Å². The van der Waals surface area contributed by atoms with Crippen LogP contribution in [0.2, 0.25) is 0 Å². The summed E-state index contributed by atoms with van der Waals surface area (Å²) in [6, 6.07) is 12.7. The third kappa shape index (κ3) is 6.21. The second-order valence-corrected chi connectivity index (χ2v) is 9.32. The number of sulfonamides is 1. The van der Waals surface area contributed by atoms with Gasteiger partial charge in [-0.3, -0.25) is 20.4 Å². The highest BCUT2D eigenvalue weighted by molar-refractivity contribution is 7.92. The predicted molar refractivity (Wildman–Crippen MR) is 115 cm³/mol. The predicted octanol–water partition coefficient (Wildman–Crippen LogP) is 2.70. The summed E-state index contributed by atoms with van der Waals surface area (Å²) >= 11 is 5.09. The van der Waals surface area contributed by atoms with Gasteiger partial charge in [0.25, 0.3) is 15.9 Å². The van der Waals surface area contributed by atoms with E-state index in [0.29, 0.717) is 11.3 Å². The van der Waals surface area contributed by atoms with Crippen molar-refractivity contribution in [2.45, 2.75) is 38.1 Å². The zero-order valence-corrected chi connectivity index (χ0v) is 17.8. The van der Waals surface area contributed by atoms with E-state index in [4.69, 9.17) is 12.2 Å². The molecule has 9 heteroatoms. The summed E-state index contributed by atoms with van der Waals surface area (Å²) in [6.45, 7) is 7.63. The van der Waals surface area contributed by atoms with Gasteiger partial charge in [0.15, 0.2) is 5.11 Å². The Morgan fingerprint density at radius 3 is 2.14 bits per heavy atom. The van der Waals surface area contributed by atoms with E-state index in [1.54, 1.807) is 12.1 Å². The maximum Gasteiger partial charge on any atom is 0.269 e. The molecular weight excluding hydrogens is 396 g/mol. The van der Waals surface area contributed by atoms with Gasteiger partial charge in [0.1, 0.15) is 0 Å². The molecule has 0 aliphatic heterocycles. The maximum atomic E-state index is 12.5. The van der Waals surface area contributed by atoms with Gasteiger partial charge in [-0.2, -0.15) is 0 Å². The van der Waals surface area contributed by atoms with Gasteiger partial charge >= 0.3 is 0 Å². The normalized spacial score (nSPS) is 11.4. The molecule has 0 saturated heterocycles. The minimum atomic E-state index is -3.75. The van der Waals surface area contributed by atoms with Crippen LogP contribution in [0.15, 0.2) is 53.4 Å². The van der Waals surface area contributed by atoms with Crippen LogP contribution in [0.25, 0.3) is 0 Å². The first-order valence-electron chi connectivity index (χ1n) is 8.55. The summed E-state index contributed by atoms with van der Waals surface area (Å²) in [4.78, 5) is 12.2. The first kappa shape index (κ1) is 21.6. The Kier molecular flexibility index (Phi) is 6.63. The fraction of sp³-hybridized carbons (Fsp3) is 0.263. The van der Waals surface area contributed by atoms with E-state index in [9.17, 15) is 13.2 Å². The molecule has 0 atom stereocenters. The zero-order chi connectivity index (χ0) is 20.9. The van der Waals surface area contributed by atoms with Crippen molar-refractivity contribution in [3.8, 4) is 0 Å². The largest absolute Gasteiger partial charge is 0.357 e. The van der Waals surface area contributed by atoms with Gasteiger partial charge in [0.05, 0.1) is 10.6 Å². The number of rotatable bonds is 4. The fourth-order valence-electron chi connectivity index (χ4n) is 2.23. The summed E-state index contributed by atoms with van der Waals surface area (Å²) in [5.74, 6) is -0.436. The molecule has 28 heavy (non-hydrogen) atoms. The molecule has 2 rings (SSSR count). The smallest absolute Gasteiger partial charge is 0.269 e. The van der Waals surface area contributed by atoms with Crippen LogP contribution in [0.5, 0.6) is 0 Å². The molecule has 0 bridgehead atoms. The summed E-state index contributed by atoms with van der Waals surface area (Å²) in [5.41, 5.74) is 6.45. The van der Waals surface area contributed by atoms with Crippen LogP contribution in [-0.2, 0) is 10.0 Å². The average Bonchev–Trinajstić information content (AvgIpc) is 2.60. The number of benzene rings is 2. The lowest BCUT2D eigenvalue weighted by Gasteiger charge is -2.23. The maximum absolute atomic E-state index is 12.5. The van der Waals surface area contributed by atoms with Gasteiger partial charge in [-0.1, -0.05) is 18.2 Å². The van der Waals surface area contributed by atoms with Gasteiger partial charge in [0.2, 0.25) is 0 Å². The SMILES string of the molecule is Cc1ccccc1NS(=O)(=O)c1ccc(C(=O)NNC(=S)NC(C)(C)C)cc1. The van der Waals surface area contributed by atoms with Crippen molar-refractivity contribution in [1.82, 2.24) is 16.2 Å². The Morgan fingerprint density at radius 2 is 1.57 bits per heavy atom. The van der Waals surface area contributed by atoms with E-state index in [1.807, 2.05) is 39.8 Å². The lowest BCUT2D eigenvalue weighted by Crippen LogP contribution is -2.52. The minimum absolute atomic E-state index is 0.0604. The van der Waals surface area contributed by atoms with Gasteiger partial charge in [-0.05, 0) is 75.8 Å². The number of aryl methyl sites for hydroxylation is 1. The van der Waals surface area contributed by atoms with Crippen molar-refractivity contribution in [1.29, 1.82) is 0 Å². The van der Waals surface area contributed by atoms with Crippen molar-refractivity contribution in [2.75, 3.05) is 4.72 Å². The van der Waals surface area contributed by atoms with Gasteiger partial charge < -0.3 is 5.32 Å². The minimum Gasteiger partial charge on any atom is -0.357 e. The molecule has 0 aromatic heterocycles. The monoisotopic (exact) mass is 420 g/mol. The molecule has 1 amide bonds. The summed E-state index contributed by atoms with van der Waals surface area (Å²) in [5, 5.41) is 3.28. The molecule has 0 aliphatic carbocycles. The van der Waals surface area contributed by atoms with Crippen LogP contribution in [-0.4, -0.2) is 25.0 Å². The molecule has 0 saturated carbocycles. The van der Waals surface area contributed by atoms with Crippen molar-refractivity contribution in [2.24, 2.45) is 0 Å². The number of amides is 1. The van der Waals surface area contributed by atoms with Crippen LogP contribution >= 0.6 is 12.2 Å². The number of hydrogen-bond donors (Lipinski definition) is 4. The van der Waals surface area contributed by atoms with Crippen LogP contribution < -0.4 is 20.9 Å². The van der Waals surface area contributed by atoms with E-state index in [-0.39, 0.29) is 15.5 Å². The molecule has 0 radical (unpaired) electrons. The van der Waals surface area contributed by atoms with Crippen molar-refractivity contribution in [3.05, 3.63) is 59.7 Å². The van der Waals surface area contributed by atoms with Crippen LogP contribution in [0.4, 0.5) is 5.69 Å². The van der Waals surface area contributed by atoms with Crippen LogP contribution in [0.1, 0.15) is 36.7 Å². The van der Waals surface area contributed by atoms with E-state index in [2.05, 4.69) is 20.9 Å². The highest BCUT2D eigenvalue weighted by atomic mass is 32.2. The molecule has 2 aromatic rings. The van der Waals surface area contributed by atoms with Crippen molar-refractivity contribution >= 4 is 38.9 Å². The van der Waals surface area contributed by atoms with Gasteiger partial charge in [0, 0.05) is 11.1 Å². The lowest BCUT2D eigenvalue weighted by atomic mass is 10.1. The number of hydrogen-bond acceptors (Lipinski definition) is 4. The lowest BCUT2D eigenvalue weighted by molar-refractivity contribution is 0.0943. The molecule has 150 valence electrons. The highest BCUT2D eigenvalue weighted by Gasteiger charge is 2.16. The van der Waals surface area contributed by atoms with E-state index >= 15 is 0 Å². The second kappa shape index (κ2) is 8.57. The Morgan fingerprint density at radius 1 is 0.964 bits per heavy atom. The summed E-state index contributed by atoms with van der Waals surface area (Å²) < 4.78 is 27.6. The highest BCUT2D eigenvalue weighted by Crippen LogP contribution is 2.19. The number of carbonyl (C=O) groups is 1. The van der Waals surface area contributed by atoms with Crippen LogP contribution in [0.3, 0.4) is 0 Å². The summed E-state index contributed by atoms with van der Waals surface area (Å²) in [6.07, 6.45) is 0. The molecule has 7 nitrogen and oxygen atoms in total. The first-order valence-corrected chi connectivity index (χ1v) is 10.4. The van der Waals surface area contributed by atoms with E-state index in [1.165, 1.54) is 24.3 Å². The molecule has 2 aromatic carbocycles. The second-order valence-electron chi connectivity index (χ2n) is 7.23. The standard InChI is InChI=1S/C19H24N4O3S2/c1-13-7-5-6-8-16(13)23-28(25,26)15-11-9-14(10-12-15)17(24)21-22-18(27)20-19(2,3)4/h5-12,23H,1-4H3,(H,21,24)(H2,20,22,27). The molecular formula is C19H24N4O3S2. The molecule has 4 N–H and O–H groups in total. The Balaban J connectivity index is 2.03. The third-order valence-corrected chi connectivity index (χ3v) is 5.18. The molecule has 0 unspecified atom stereocenters. The number of nitrogens with one attached hydrogen (secondary N) is 4. The Hall–Kier alpha value is -2.65. The quantitative estimate of drug-likeness (QED) is 0.448. The van der Waals surface area contributed by atoms with E-state index < -0.39 is 15.9 Å². The fourth-order valence-corrected chi connectivity index (χ4v) is 3.72. The zero-order valence-electron chi connectivity index (χ0n) is 16.2. The molecule has 0 fully saturated rings. The van der Waals surface area contributed by atoms with Crippen molar-refractivity contribution in [3.63, 3.8) is 0 Å². The first-order chi connectivity index (χ1) is 13.0. The van der Waals surface area contributed by atoms with Crippen LogP contribution in [0, 0.1) is 6.92 Å². The average molecular weight is 421 g/mol. The Labute approximate surface area is 170 Å². The number of hydrazine groups is 1. The topological polar surface area (TPSA) is 99.3 Å².